The highest BCUT2D eigenvalue weighted by Crippen LogP contribution is 2.61. The van der Waals surface area contributed by atoms with Crippen molar-refractivity contribution in [3.05, 3.63) is 57.1 Å². The van der Waals surface area contributed by atoms with Crippen LogP contribution in [-0.2, 0) is 21.2 Å². The minimum atomic E-state index is -4.12. The molecule has 0 aromatic heterocycles. The van der Waals surface area contributed by atoms with Crippen LogP contribution in [0, 0.1) is 17.3 Å². The Balaban J connectivity index is 1.38. The normalized spacial score (nSPS) is 30.2. The zero-order chi connectivity index (χ0) is 24.4. The molecule has 5 atom stereocenters. The number of hydrogen-bond acceptors (Lipinski definition) is 5. The van der Waals surface area contributed by atoms with Crippen LogP contribution >= 0.6 is 23.2 Å². The molecule has 6 nitrogen and oxygen atoms in total. The molecular weight excluding hydrogens is 497 g/mol. The number of sulfonamides is 1. The van der Waals surface area contributed by atoms with Crippen molar-refractivity contribution in [3.63, 3.8) is 0 Å². The number of ether oxygens (including phenoxy) is 1. The van der Waals surface area contributed by atoms with Gasteiger partial charge in [0.15, 0.2) is 0 Å². The number of fused-ring (bicyclic) bond motifs is 5. The molecule has 9 heteroatoms. The molecule has 0 spiro atoms. The van der Waals surface area contributed by atoms with Crippen molar-refractivity contribution in [3.8, 4) is 5.75 Å². The fourth-order valence-corrected chi connectivity index (χ4v) is 8.21. The largest absolute Gasteiger partial charge is 0.508 e. The molecule has 0 bridgehead atoms. The lowest BCUT2D eigenvalue weighted by atomic mass is 9.55. The molecular formula is C25H27Cl2NO5S. The van der Waals surface area contributed by atoms with Crippen molar-refractivity contribution < 1.29 is 23.1 Å². The van der Waals surface area contributed by atoms with Gasteiger partial charge >= 0.3 is 5.97 Å². The second kappa shape index (κ2) is 8.40. The summed E-state index contributed by atoms with van der Waals surface area (Å²) in [6, 6.07) is 8.05. The third-order valence-electron chi connectivity index (χ3n) is 8.42. The fraction of sp³-hybridized carbons (Fsp3) is 0.480. The van der Waals surface area contributed by atoms with Crippen LogP contribution in [0.3, 0.4) is 0 Å². The molecule has 2 saturated carbocycles. The highest BCUT2D eigenvalue weighted by molar-refractivity contribution is 7.89. The molecule has 0 aliphatic heterocycles. The Hall–Kier alpha value is -1.80. The van der Waals surface area contributed by atoms with Crippen molar-refractivity contribution in [1.29, 1.82) is 0 Å². The molecule has 2 aromatic carbocycles. The summed E-state index contributed by atoms with van der Waals surface area (Å²) in [6.45, 7) is 2.21. The molecule has 2 aromatic rings. The number of primary sulfonamides is 1. The van der Waals surface area contributed by atoms with E-state index in [0.29, 0.717) is 23.5 Å². The summed E-state index contributed by atoms with van der Waals surface area (Å²) >= 11 is 12.2. The van der Waals surface area contributed by atoms with E-state index in [9.17, 15) is 18.3 Å². The third kappa shape index (κ3) is 3.91. The maximum atomic E-state index is 13.1. The van der Waals surface area contributed by atoms with Crippen molar-refractivity contribution in [1.82, 2.24) is 0 Å². The van der Waals surface area contributed by atoms with Crippen molar-refractivity contribution in [2.75, 3.05) is 0 Å². The molecule has 3 aliphatic carbocycles. The monoisotopic (exact) mass is 523 g/mol. The van der Waals surface area contributed by atoms with E-state index < -0.39 is 16.0 Å². The molecule has 0 radical (unpaired) electrons. The lowest BCUT2D eigenvalue weighted by Gasteiger charge is -2.50. The first-order valence-corrected chi connectivity index (χ1v) is 13.8. The van der Waals surface area contributed by atoms with E-state index in [1.807, 2.05) is 6.07 Å². The SMILES string of the molecule is C[C@]12CC[C@@H]3c4ccc(O)cc4CC[C@H]3[C@@H]1CC[C@@H]2OC(=O)c1cc(S(N)(=O)=O)c(Cl)cc1Cl. The van der Waals surface area contributed by atoms with Gasteiger partial charge in [-0.25, -0.2) is 18.4 Å². The standard InChI is InChI=1S/C25H27Cl2NO5S/c1-25-9-8-16-15-5-3-14(29)10-13(15)2-4-17(16)19(25)6-7-23(25)33-24(30)18-11-22(34(28,31)32)21(27)12-20(18)26/h3,5,10-12,16-17,19,23,29H,2,4,6-9H2,1H3,(H2,28,31,32)/t16-,17-,19+,23+,25+/m1/s1. The fourth-order valence-electron chi connectivity index (χ4n) is 6.81. The van der Waals surface area contributed by atoms with Gasteiger partial charge in [-0.05, 0) is 91.7 Å². The van der Waals surface area contributed by atoms with E-state index in [1.165, 1.54) is 17.2 Å². The molecule has 34 heavy (non-hydrogen) atoms. The van der Waals surface area contributed by atoms with Gasteiger partial charge in [0.2, 0.25) is 10.0 Å². The number of phenols is 1. The van der Waals surface area contributed by atoms with Crippen LogP contribution in [0.5, 0.6) is 5.75 Å². The summed E-state index contributed by atoms with van der Waals surface area (Å²) in [5, 5.41) is 15.0. The highest BCUT2D eigenvalue weighted by Gasteiger charge is 2.56. The zero-order valence-electron chi connectivity index (χ0n) is 18.8. The Bertz CT molecular complexity index is 1280. The van der Waals surface area contributed by atoms with E-state index in [0.717, 1.165) is 44.6 Å². The van der Waals surface area contributed by atoms with Crippen LogP contribution in [0.25, 0.3) is 0 Å². The van der Waals surface area contributed by atoms with Crippen LogP contribution in [0.4, 0.5) is 0 Å². The first-order chi connectivity index (χ1) is 16.0. The van der Waals surface area contributed by atoms with Crippen LogP contribution in [0.2, 0.25) is 10.0 Å². The average Bonchev–Trinajstić information content (AvgIpc) is 3.08. The number of phenolic OH excluding ortho intramolecular Hbond substituents is 1. The summed E-state index contributed by atoms with van der Waals surface area (Å²) in [5.41, 5.74) is 2.38. The Morgan fingerprint density at radius 3 is 2.62 bits per heavy atom. The molecule has 3 N–H and O–H groups in total. The lowest BCUT2D eigenvalue weighted by molar-refractivity contribution is -0.0427. The van der Waals surface area contributed by atoms with Gasteiger partial charge in [0, 0.05) is 5.41 Å². The predicted octanol–water partition coefficient (Wildman–Crippen LogP) is 5.43. The van der Waals surface area contributed by atoms with Gasteiger partial charge in [0.05, 0.1) is 15.6 Å². The number of carbonyl (C=O) groups excluding carboxylic acids is 1. The number of esters is 1. The molecule has 2 fully saturated rings. The molecule has 182 valence electrons. The van der Waals surface area contributed by atoms with E-state index >= 15 is 0 Å². The number of aryl methyl sites for hydroxylation is 1. The van der Waals surface area contributed by atoms with Crippen molar-refractivity contribution in [2.45, 2.75) is 62.4 Å². The summed E-state index contributed by atoms with van der Waals surface area (Å²) in [7, 11) is -4.12. The maximum absolute atomic E-state index is 13.1. The molecule has 0 saturated heterocycles. The van der Waals surface area contributed by atoms with Crippen molar-refractivity contribution in [2.24, 2.45) is 22.4 Å². The van der Waals surface area contributed by atoms with E-state index in [2.05, 4.69) is 13.0 Å². The Kier molecular flexibility index (Phi) is 5.91. The van der Waals surface area contributed by atoms with E-state index in [1.54, 1.807) is 6.07 Å². The maximum Gasteiger partial charge on any atom is 0.339 e. The Labute approximate surface area is 209 Å². The molecule has 0 unspecified atom stereocenters. The number of carbonyl (C=O) groups is 1. The van der Waals surface area contributed by atoms with Crippen LogP contribution in [0.15, 0.2) is 35.2 Å². The van der Waals surface area contributed by atoms with Gasteiger partial charge < -0.3 is 9.84 Å². The Morgan fingerprint density at radius 1 is 1.12 bits per heavy atom. The molecule has 0 amide bonds. The number of benzene rings is 2. The first kappa shape index (κ1) is 23.9. The Morgan fingerprint density at radius 2 is 1.88 bits per heavy atom. The quantitative estimate of drug-likeness (QED) is 0.521. The summed E-state index contributed by atoms with van der Waals surface area (Å²) in [6.07, 6.45) is 5.37. The van der Waals surface area contributed by atoms with Gasteiger partial charge in [0.25, 0.3) is 0 Å². The van der Waals surface area contributed by atoms with Crippen LogP contribution < -0.4 is 5.14 Å². The number of halogens is 2. The average molecular weight is 524 g/mol. The summed E-state index contributed by atoms with van der Waals surface area (Å²) in [5.74, 6) is 1.04. The smallest absolute Gasteiger partial charge is 0.339 e. The first-order valence-electron chi connectivity index (χ1n) is 11.5. The number of nitrogens with two attached hydrogens (primary N) is 1. The molecule has 0 heterocycles. The van der Waals surface area contributed by atoms with Gasteiger partial charge in [-0.1, -0.05) is 36.2 Å². The summed E-state index contributed by atoms with van der Waals surface area (Å²) < 4.78 is 29.7. The number of rotatable bonds is 3. The van der Waals surface area contributed by atoms with Gasteiger partial charge in [-0.15, -0.1) is 0 Å². The minimum Gasteiger partial charge on any atom is -0.508 e. The van der Waals surface area contributed by atoms with Gasteiger partial charge in [-0.3, -0.25) is 0 Å². The molecule has 5 rings (SSSR count). The van der Waals surface area contributed by atoms with Crippen LogP contribution in [0.1, 0.15) is 66.4 Å². The van der Waals surface area contributed by atoms with Crippen LogP contribution in [-0.4, -0.2) is 25.6 Å². The number of hydrogen-bond donors (Lipinski definition) is 2. The van der Waals surface area contributed by atoms with E-state index in [4.69, 9.17) is 33.1 Å². The topological polar surface area (TPSA) is 107 Å². The zero-order valence-corrected chi connectivity index (χ0v) is 21.1. The van der Waals surface area contributed by atoms with E-state index in [-0.39, 0.29) is 32.0 Å². The second-order valence-corrected chi connectivity index (χ2v) is 12.5. The molecule has 3 aliphatic rings. The van der Waals surface area contributed by atoms with Gasteiger partial charge in [-0.2, -0.15) is 0 Å². The minimum absolute atomic E-state index is 0.0259. The second-order valence-electron chi connectivity index (χ2n) is 10.1. The number of aromatic hydroxyl groups is 1. The summed E-state index contributed by atoms with van der Waals surface area (Å²) in [4.78, 5) is 12.7. The lowest BCUT2D eigenvalue weighted by Crippen LogP contribution is -2.45. The van der Waals surface area contributed by atoms with Crippen molar-refractivity contribution >= 4 is 39.2 Å². The van der Waals surface area contributed by atoms with Gasteiger partial charge in [0.1, 0.15) is 16.7 Å². The predicted molar refractivity (Wildman–Crippen MR) is 130 cm³/mol. The highest BCUT2D eigenvalue weighted by atomic mass is 35.5. The third-order valence-corrected chi connectivity index (χ3v) is 10.1.